The molecular weight excluding hydrogens is 287 g/mol. The number of anilines is 1. The lowest BCUT2D eigenvalue weighted by Gasteiger charge is -2.33. The van der Waals surface area contributed by atoms with Gasteiger partial charge in [0.1, 0.15) is 0 Å². The summed E-state index contributed by atoms with van der Waals surface area (Å²) in [6.45, 7) is 0. The number of rotatable bonds is 1. The van der Waals surface area contributed by atoms with Crippen LogP contribution in [0.4, 0.5) is 19.0 Å². The summed E-state index contributed by atoms with van der Waals surface area (Å²) >= 11 is 0. The first kappa shape index (κ1) is 13.6. The number of nitrogens with one attached hydrogen (secondary N) is 2. The first-order valence-electron chi connectivity index (χ1n) is 6.06. The van der Waals surface area contributed by atoms with Crippen molar-refractivity contribution in [2.24, 2.45) is 0 Å². The number of halogens is 3. The Hall–Kier alpha value is -2.35. The van der Waals surface area contributed by atoms with Crippen molar-refractivity contribution < 1.29 is 23.1 Å². The Morgan fingerprint density at radius 2 is 1.90 bits per heavy atom. The van der Waals surface area contributed by atoms with Gasteiger partial charge in [-0.2, -0.15) is 18.3 Å². The van der Waals surface area contributed by atoms with E-state index < -0.39 is 29.7 Å². The van der Waals surface area contributed by atoms with Gasteiger partial charge in [0.25, 0.3) is 0 Å². The SMILES string of the molecule is O=C1C[C@@](O)(C(F)(F)F)c2c(n[nH]c2-c2ccccc2)N1. The minimum absolute atomic E-state index is 0.0328. The number of H-pyrrole nitrogens is 1. The maximum Gasteiger partial charge on any atom is 0.422 e. The molecule has 0 spiro atoms. The molecule has 0 saturated heterocycles. The van der Waals surface area contributed by atoms with E-state index in [1.54, 1.807) is 30.3 Å². The summed E-state index contributed by atoms with van der Waals surface area (Å²) in [4.78, 5) is 11.4. The first-order chi connectivity index (χ1) is 9.83. The third-order valence-electron chi connectivity index (χ3n) is 3.39. The monoisotopic (exact) mass is 297 g/mol. The average Bonchev–Trinajstić information content (AvgIpc) is 2.82. The van der Waals surface area contributed by atoms with E-state index >= 15 is 0 Å². The predicted octanol–water partition coefficient (Wildman–Crippen LogP) is 2.17. The smallest absolute Gasteiger partial charge is 0.376 e. The third-order valence-corrected chi connectivity index (χ3v) is 3.39. The highest BCUT2D eigenvalue weighted by Gasteiger charge is 2.60. The molecule has 0 fully saturated rings. The third kappa shape index (κ3) is 1.99. The van der Waals surface area contributed by atoms with Crippen LogP contribution in [-0.2, 0) is 10.4 Å². The van der Waals surface area contributed by atoms with Gasteiger partial charge in [-0.3, -0.25) is 9.89 Å². The molecule has 1 amide bonds. The number of carbonyl (C=O) groups is 1. The number of hydrogen-bond acceptors (Lipinski definition) is 3. The van der Waals surface area contributed by atoms with Crippen LogP contribution in [0, 0.1) is 0 Å². The van der Waals surface area contributed by atoms with E-state index in [0.29, 0.717) is 5.56 Å². The number of aromatic nitrogens is 2. The van der Waals surface area contributed by atoms with Gasteiger partial charge >= 0.3 is 6.18 Å². The molecule has 0 bridgehead atoms. The molecule has 5 nitrogen and oxygen atoms in total. The van der Waals surface area contributed by atoms with Crippen molar-refractivity contribution in [2.45, 2.75) is 18.2 Å². The molecule has 2 heterocycles. The lowest BCUT2D eigenvalue weighted by Crippen LogP contribution is -2.48. The zero-order valence-corrected chi connectivity index (χ0v) is 10.5. The van der Waals surface area contributed by atoms with Crippen LogP contribution in [-0.4, -0.2) is 27.4 Å². The highest BCUT2D eigenvalue weighted by atomic mass is 19.4. The zero-order valence-electron chi connectivity index (χ0n) is 10.5. The lowest BCUT2D eigenvalue weighted by atomic mass is 9.85. The number of alkyl halides is 3. The Morgan fingerprint density at radius 3 is 2.52 bits per heavy atom. The molecule has 1 aliphatic rings. The number of nitrogens with zero attached hydrogens (tertiary/aromatic N) is 1. The fourth-order valence-corrected chi connectivity index (χ4v) is 2.39. The molecule has 1 aromatic heterocycles. The second kappa shape index (κ2) is 4.32. The Kier molecular flexibility index (Phi) is 2.80. The van der Waals surface area contributed by atoms with Crippen LogP contribution in [0.25, 0.3) is 11.3 Å². The molecule has 1 aliphatic heterocycles. The van der Waals surface area contributed by atoms with Crippen molar-refractivity contribution in [3.63, 3.8) is 0 Å². The second-order valence-electron chi connectivity index (χ2n) is 4.77. The minimum atomic E-state index is -4.99. The highest BCUT2D eigenvalue weighted by molar-refractivity contribution is 5.96. The fourth-order valence-electron chi connectivity index (χ4n) is 2.39. The van der Waals surface area contributed by atoms with Gasteiger partial charge in [-0.1, -0.05) is 30.3 Å². The van der Waals surface area contributed by atoms with Crippen LogP contribution >= 0.6 is 0 Å². The van der Waals surface area contributed by atoms with Crippen molar-refractivity contribution in [1.82, 2.24) is 10.2 Å². The van der Waals surface area contributed by atoms with Crippen molar-refractivity contribution >= 4 is 11.7 Å². The Labute approximate surface area is 116 Å². The van der Waals surface area contributed by atoms with Gasteiger partial charge in [0.15, 0.2) is 11.4 Å². The number of aromatic amines is 1. The van der Waals surface area contributed by atoms with Crippen molar-refractivity contribution in [2.75, 3.05) is 5.32 Å². The highest BCUT2D eigenvalue weighted by Crippen LogP contribution is 2.49. The number of hydrogen-bond donors (Lipinski definition) is 3. The van der Waals surface area contributed by atoms with Crippen molar-refractivity contribution in [3.8, 4) is 11.3 Å². The van der Waals surface area contributed by atoms with Gasteiger partial charge in [-0.05, 0) is 0 Å². The normalized spacial score (nSPS) is 21.8. The quantitative estimate of drug-likeness (QED) is 0.755. The summed E-state index contributed by atoms with van der Waals surface area (Å²) in [6, 6.07) is 8.18. The number of amides is 1. The molecule has 1 atom stereocenters. The Balaban J connectivity index is 2.24. The number of benzene rings is 1. The van der Waals surface area contributed by atoms with Crippen LogP contribution in [0.15, 0.2) is 30.3 Å². The molecule has 21 heavy (non-hydrogen) atoms. The molecule has 0 saturated carbocycles. The standard InChI is InChI=1S/C13H10F3N3O2/c14-13(15,16)12(21)6-8(20)17-11-9(12)10(18-19-11)7-4-2-1-3-5-7/h1-5,21H,6H2,(H2,17,18,19,20)/t12-/m0/s1. The van der Waals surface area contributed by atoms with Gasteiger partial charge in [-0.25, -0.2) is 0 Å². The average molecular weight is 297 g/mol. The fraction of sp³-hybridized carbons (Fsp3) is 0.231. The van der Waals surface area contributed by atoms with E-state index in [-0.39, 0.29) is 11.5 Å². The van der Waals surface area contributed by atoms with E-state index in [4.69, 9.17) is 0 Å². The molecular formula is C13H10F3N3O2. The van der Waals surface area contributed by atoms with E-state index in [0.717, 1.165) is 0 Å². The molecule has 110 valence electrons. The summed E-state index contributed by atoms with van der Waals surface area (Å²) in [5.74, 6) is -1.24. The first-order valence-corrected chi connectivity index (χ1v) is 6.06. The summed E-state index contributed by atoms with van der Waals surface area (Å²) in [5.41, 5.74) is -3.25. The second-order valence-corrected chi connectivity index (χ2v) is 4.77. The van der Waals surface area contributed by atoms with E-state index in [2.05, 4.69) is 15.5 Å². The number of fused-ring (bicyclic) bond motifs is 1. The molecule has 8 heteroatoms. The van der Waals surface area contributed by atoms with Crippen LogP contribution < -0.4 is 5.32 Å². The molecule has 3 N–H and O–H groups in total. The number of aliphatic hydroxyl groups is 1. The zero-order chi connectivity index (χ0) is 15.3. The molecule has 2 aromatic rings. The van der Waals surface area contributed by atoms with Crippen molar-refractivity contribution in [3.05, 3.63) is 35.9 Å². The Bertz CT molecular complexity index is 696. The van der Waals surface area contributed by atoms with E-state index in [9.17, 15) is 23.1 Å². The van der Waals surface area contributed by atoms with Crippen LogP contribution in [0.2, 0.25) is 0 Å². The van der Waals surface area contributed by atoms with Gasteiger partial charge in [-0.15, -0.1) is 0 Å². The summed E-state index contributed by atoms with van der Waals surface area (Å²) in [7, 11) is 0. The van der Waals surface area contributed by atoms with E-state index in [1.165, 1.54) is 0 Å². The maximum atomic E-state index is 13.3. The van der Waals surface area contributed by atoms with E-state index in [1.807, 2.05) is 0 Å². The largest absolute Gasteiger partial charge is 0.422 e. The molecule has 0 radical (unpaired) electrons. The van der Waals surface area contributed by atoms with Gasteiger partial charge in [0.05, 0.1) is 17.7 Å². The minimum Gasteiger partial charge on any atom is -0.376 e. The van der Waals surface area contributed by atoms with Gasteiger partial charge < -0.3 is 10.4 Å². The maximum absolute atomic E-state index is 13.3. The molecule has 0 unspecified atom stereocenters. The topological polar surface area (TPSA) is 78.0 Å². The van der Waals surface area contributed by atoms with Crippen LogP contribution in [0.3, 0.4) is 0 Å². The summed E-state index contributed by atoms with van der Waals surface area (Å²) in [6.07, 6.45) is -6.09. The van der Waals surface area contributed by atoms with Crippen LogP contribution in [0.1, 0.15) is 12.0 Å². The van der Waals surface area contributed by atoms with Crippen LogP contribution in [0.5, 0.6) is 0 Å². The molecule has 1 aromatic carbocycles. The lowest BCUT2D eigenvalue weighted by molar-refractivity contribution is -0.267. The van der Waals surface area contributed by atoms with Crippen molar-refractivity contribution in [1.29, 1.82) is 0 Å². The number of carbonyl (C=O) groups excluding carboxylic acids is 1. The molecule has 0 aliphatic carbocycles. The predicted molar refractivity (Wildman–Crippen MR) is 67.2 cm³/mol. The van der Waals surface area contributed by atoms with Gasteiger partial charge in [0, 0.05) is 5.56 Å². The van der Waals surface area contributed by atoms with Gasteiger partial charge in [0.2, 0.25) is 5.91 Å². The summed E-state index contributed by atoms with van der Waals surface area (Å²) < 4.78 is 39.8. The summed E-state index contributed by atoms with van der Waals surface area (Å²) in [5, 5.41) is 18.5. The molecule has 3 rings (SSSR count). The Morgan fingerprint density at radius 1 is 1.24 bits per heavy atom.